The molecule has 104 valence electrons. The Morgan fingerprint density at radius 2 is 1.72 bits per heavy atom. The van der Waals surface area contributed by atoms with E-state index in [1.807, 2.05) is 0 Å². The van der Waals surface area contributed by atoms with Crippen LogP contribution in [0.1, 0.15) is 59.3 Å². The molecular weight excluding hydrogens is 232 g/mol. The van der Waals surface area contributed by atoms with E-state index < -0.39 is 6.29 Å². The third kappa shape index (κ3) is 5.52. The van der Waals surface area contributed by atoms with E-state index in [1.165, 1.54) is 25.7 Å². The average Bonchev–Trinajstić information content (AvgIpc) is 2.78. The van der Waals surface area contributed by atoms with Crippen molar-refractivity contribution in [1.82, 2.24) is 0 Å². The van der Waals surface area contributed by atoms with Crippen molar-refractivity contribution in [3.05, 3.63) is 0 Å². The van der Waals surface area contributed by atoms with Gasteiger partial charge in [0.2, 0.25) is 6.29 Å². The Kier molecular flexibility index (Phi) is 6.16. The monoisotopic (exact) mass is 256 g/mol. The van der Waals surface area contributed by atoms with Crippen molar-refractivity contribution in [2.24, 2.45) is 11.8 Å². The van der Waals surface area contributed by atoms with Crippen molar-refractivity contribution in [2.45, 2.75) is 65.6 Å². The fourth-order valence-electron chi connectivity index (χ4n) is 2.19. The second-order valence-electron chi connectivity index (χ2n) is 5.34. The lowest BCUT2D eigenvalue weighted by Crippen LogP contribution is -2.24. The van der Waals surface area contributed by atoms with Crippen LogP contribution in [0.25, 0.3) is 0 Å². The van der Waals surface area contributed by atoms with Crippen molar-refractivity contribution < 1.29 is 19.1 Å². The lowest BCUT2D eigenvalue weighted by molar-refractivity contribution is -0.186. The molecule has 1 atom stereocenters. The van der Waals surface area contributed by atoms with E-state index in [0.29, 0.717) is 12.3 Å². The molecule has 1 aliphatic rings. The van der Waals surface area contributed by atoms with Crippen molar-refractivity contribution in [3.8, 4) is 0 Å². The molecule has 0 bridgehead atoms. The number of hydrogen-bond acceptors (Lipinski definition) is 4. The zero-order chi connectivity index (χ0) is 13.5. The van der Waals surface area contributed by atoms with Crippen LogP contribution in [0.3, 0.4) is 0 Å². The molecule has 0 spiro atoms. The predicted octanol–water partition coefficient (Wildman–Crippen LogP) is 3.05. The Morgan fingerprint density at radius 1 is 1.11 bits per heavy atom. The van der Waals surface area contributed by atoms with Crippen LogP contribution < -0.4 is 0 Å². The van der Waals surface area contributed by atoms with Crippen LogP contribution in [0.4, 0.5) is 0 Å². The summed E-state index contributed by atoms with van der Waals surface area (Å²) >= 11 is 0. The second kappa shape index (κ2) is 7.39. The second-order valence-corrected chi connectivity index (χ2v) is 5.34. The fraction of sp³-hybridized carbons (Fsp3) is 0.857. The van der Waals surface area contributed by atoms with Crippen molar-refractivity contribution in [3.63, 3.8) is 0 Å². The highest BCUT2D eigenvalue weighted by atomic mass is 16.7. The molecule has 18 heavy (non-hydrogen) atoms. The Morgan fingerprint density at radius 3 is 2.28 bits per heavy atom. The van der Waals surface area contributed by atoms with Gasteiger partial charge in [-0.05, 0) is 12.3 Å². The summed E-state index contributed by atoms with van der Waals surface area (Å²) in [7, 11) is 0. The largest absolute Gasteiger partial charge is 0.425 e. The van der Waals surface area contributed by atoms with E-state index in [-0.39, 0.29) is 17.9 Å². The molecule has 0 saturated heterocycles. The molecule has 4 nitrogen and oxygen atoms in total. The van der Waals surface area contributed by atoms with Crippen molar-refractivity contribution >= 4 is 11.9 Å². The summed E-state index contributed by atoms with van der Waals surface area (Å²) in [6.07, 6.45) is 5.55. The molecule has 4 heteroatoms. The average molecular weight is 256 g/mol. The fourth-order valence-corrected chi connectivity index (χ4v) is 2.19. The smallest absolute Gasteiger partial charge is 0.311 e. The lowest BCUT2D eigenvalue weighted by Gasteiger charge is -2.16. The Bertz CT molecular complexity index is 280. The van der Waals surface area contributed by atoms with Crippen LogP contribution in [0, 0.1) is 11.8 Å². The molecule has 1 saturated carbocycles. The maximum atomic E-state index is 11.5. The molecule has 0 aromatic carbocycles. The number of ether oxygens (including phenoxy) is 2. The van der Waals surface area contributed by atoms with Crippen LogP contribution in [0.5, 0.6) is 0 Å². The third-order valence-corrected chi connectivity index (χ3v) is 3.28. The minimum atomic E-state index is -0.782. The molecular formula is C14H24O4. The maximum absolute atomic E-state index is 11.5. The highest BCUT2D eigenvalue weighted by molar-refractivity contribution is 5.72. The summed E-state index contributed by atoms with van der Waals surface area (Å²) < 4.78 is 10.0. The third-order valence-electron chi connectivity index (χ3n) is 3.28. The van der Waals surface area contributed by atoms with Crippen LogP contribution in [0.2, 0.25) is 0 Å². The topological polar surface area (TPSA) is 52.6 Å². The molecule has 0 N–H and O–H groups in total. The molecule has 0 radical (unpaired) electrons. The summed E-state index contributed by atoms with van der Waals surface area (Å²) in [6, 6.07) is 0. The summed E-state index contributed by atoms with van der Waals surface area (Å²) in [5, 5.41) is 0. The van der Waals surface area contributed by atoms with Gasteiger partial charge in [0.25, 0.3) is 0 Å². The molecule has 0 aliphatic heterocycles. The summed E-state index contributed by atoms with van der Waals surface area (Å²) in [5.74, 6) is -0.146. The zero-order valence-electron chi connectivity index (χ0n) is 11.6. The van der Waals surface area contributed by atoms with Crippen LogP contribution in [-0.2, 0) is 19.1 Å². The molecule has 0 aromatic heterocycles. The van der Waals surface area contributed by atoms with Crippen molar-refractivity contribution in [1.29, 1.82) is 0 Å². The number of hydrogen-bond donors (Lipinski definition) is 0. The van der Waals surface area contributed by atoms with Crippen molar-refractivity contribution in [2.75, 3.05) is 0 Å². The van der Waals surface area contributed by atoms with Gasteiger partial charge >= 0.3 is 11.9 Å². The minimum Gasteiger partial charge on any atom is -0.425 e. The Labute approximate surface area is 109 Å². The number of rotatable bonds is 6. The predicted molar refractivity (Wildman–Crippen MR) is 67.7 cm³/mol. The summed E-state index contributed by atoms with van der Waals surface area (Å²) in [5.41, 5.74) is 0. The first-order valence-corrected chi connectivity index (χ1v) is 6.89. The SMILES string of the molecule is CC(OC(=O)CCC1CCCC1)OC(=O)C(C)C. The van der Waals surface area contributed by atoms with Crippen LogP contribution in [-0.4, -0.2) is 18.2 Å². The first-order valence-electron chi connectivity index (χ1n) is 6.89. The van der Waals surface area contributed by atoms with Gasteiger partial charge < -0.3 is 9.47 Å². The minimum absolute atomic E-state index is 0.204. The van der Waals surface area contributed by atoms with Gasteiger partial charge in [-0.1, -0.05) is 39.5 Å². The zero-order valence-corrected chi connectivity index (χ0v) is 11.6. The van der Waals surface area contributed by atoms with E-state index in [0.717, 1.165) is 6.42 Å². The summed E-state index contributed by atoms with van der Waals surface area (Å²) in [4.78, 5) is 22.8. The first-order chi connectivity index (χ1) is 8.49. The highest BCUT2D eigenvalue weighted by Gasteiger charge is 2.19. The maximum Gasteiger partial charge on any atom is 0.311 e. The van der Waals surface area contributed by atoms with E-state index in [1.54, 1.807) is 20.8 Å². The first kappa shape index (κ1) is 15.0. The van der Waals surface area contributed by atoms with Gasteiger partial charge in [-0.25, -0.2) is 0 Å². The Hall–Kier alpha value is -1.06. The molecule has 1 aliphatic carbocycles. The van der Waals surface area contributed by atoms with Crippen LogP contribution >= 0.6 is 0 Å². The molecule has 0 amide bonds. The number of carbonyl (C=O) groups is 2. The van der Waals surface area contributed by atoms with Gasteiger partial charge in [-0.3, -0.25) is 9.59 Å². The quantitative estimate of drug-likeness (QED) is 0.541. The Balaban J connectivity index is 2.16. The highest BCUT2D eigenvalue weighted by Crippen LogP contribution is 2.28. The van der Waals surface area contributed by atoms with Gasteiger partial charge in [0, 0.05) is 13.3 Å². The van der Waals surface area contributed by atoms with Gasteiger partial charge in [-0.2, -0.15) is 0 Å². The van der Waals surface area contributed by atoms with E-state index in [9.17, 15) is 9.59 Å². The van der Waals surface area contributed by atoms with Crippen LogP contribution in [0.15, 0.2) is 0 Å². The van der Waals surface area contributed by atoms with E-state index >= 15 is 0 Å². The van der Waals surface area contributed by atoms with E-state index in [4.69, 9.17) is 9.47 Å². The molecule has 1 fully saturated rings. The number of esters is 2. The van der Waals surface area contributed by atoms with Gasteiger partial charge in [-0.15, -0.1) is 0 Å². The van der Waals surface area contributed by atoms with Gasteiger partial charge in [0.1, 0.15) is 0 Å². The molecule has 1 unspecified atom stereocenters. The molecule has 0 aromatic rings. The standard InChI is InChI=1S/C14H24O4/c1-10(2)14(16)18-11(3)17-13(15)9-8-12-6-4-5-7-12/h10-12H,4-9H2,1-3H3. The summed E-state index contributed by atoms with van der Waals surface area (Å²) in [6.45, 7) is 5.07. The molecule has 0 heterocycles. The van der Waals surface area contributed by atoms with Gasteiger partial charge in [0.05, 0.1) is 5.92 Å². The lowest BCUT2D eigenvalue weighted by atomic mass is 10.0. The van der Waals surface area contributed by atoms with E-state index in [2.05, 4.69) is 0 Å². The molecule has 1 rings (SSSR count). The van der Waals surface area contributed by atoms with Gasteiger partial charge in [0.15, 0.2) is 0 Å². The normalized spacial score (nSPS) is 17.8. The number of carbonyl (C=O) groups excluding carboxylic acids is 2.